The Labute approximate surface area is 134 Å². The van der Waals surface area contributed by atoms with Crippen molar-refractivity contribution in [3.8, 4) is 5.75 Å². The number of hydrogen-bond donors (Lipinski definition) is 1. The summed E-state index contributed by atoms with van der Waals surface area (Å²) in [6.07, 6.45) is 4.34. The van der Waals surface area contributed by atoms with Gasteiger partial charge in [-0.25, -0.2) is 0 Å². The van der Waals surface area contributed by atoms with Gasteiger partial charge in [-0.2, -0.15) is 0 Å². The van der Waals surface area contributed by atoms with E-state index >= 15 is 0 Å². The van der Waals surface area contributed by atoms with Gasteiger partial charge in [-0.05, 0) is 24.5 Å². The third kappa shape index (κ3) is 3.15. The van der Waals surface area contributed by atoms with Gasteiger partial charge in [-0.3, -0.25) is 9.52 Å². The van der Waals surface area contributed by atoms with Crippen molar-refractivity contribution < 1.29 is 13.9 Å². The van der Waals surface area contributed by atoms with E-state index in [1.807, 2.05) is 44.4 Å². The molecule has 1 aromatic carbocycles. The molecule has 1 aromatic heterocycles. The van der Waals surface area contributed by atoms with Gasteiger partial charge in [0, 0.05) is 36.3 Å². The summed E-state index contributed by atoms with van der Waals surface area (Å²) in [5.74, 6) is 1.20. The predicted octanol–water partition coefficient (Wildman–Crippen LogP) is 4.05. The Morgan fingerprint density at radius 1 is 1.36 bits per heavy atom. The van der Waals surface area contributed by atoms with Gasteiger partial charge in [0.1, 0.15) is 17.4 Å². The number of ketones is 1. The second-order valence-electron chi connectivity index (χ2n) is 6.06. The first kappa shape index (κ1) is 15.4. The summed E-state index contributed by atoms with van der Waals surface area (Å²) in [6, 6.07) is 8.12. The summed E-state index contributed by atoms with van der Waals surface area (Å²) in [4.78, 5) is 12.0. The summed E-state index contributed by atoms with van der Waals surface area (Å²) in [5.41, 5.74) is 0.708. The first-order valence-electron chi connectivity index (χ1n) is 7.59. The molecule has 1 heterocycles. The van der Waals surface area contributed by atoms with Crippen molar-refractivity contribution in [2.45, 2.75) is 38.8 Å². The lowest BCUT2D eigenvalue weighted by Crippen LogP contribution is -2.44. The van der Waals surface area contributed by atoms with Crippen LogP contribution in [-0.2, 0) is 0 Å². The molecule has 0 amide bonds. The van der Waals surface area contributed by atoms with Crippen LogP contribution in [0.5, 0.6) is 5.75 Å². The van der Waals surface area contributed by atoms with E-state index in [-0.39, 0.29) is 17.8 Å². The number of furan rings is 1. The minimum atomic E-state index is -0.0628. The van der Waals surface area contributed by atoms with Gasteiger partial charge in [0.2, 0.25) is 5.78 Å². The molecule has 0 spiro atoms. The number of carbonyl (C=O) groups is 1. The number of Topliss-reactive ketones (excluding diaryl/α,β-unsaturated/α-hetero) is 1. The topological polar surface area (TPSA) is 51.5 Å². The van der Waals surface area contributed by atoms with Gasteiger partial charge in [0.25, 0.3) is 0 Å². The minimum Gasteiger partial charge on any atom is -0.490 e. The van der Waals surface area contributed by atoms with Crippen molar-refractivity contribution >= 4 is 28.7 Å². The van der Waals surface area contributed by atoms with E-state index in [0.717, 1.165) is 24.0 Å². The average molecular weight is 319 g/mol. The Morgan fingerprint density at radius 2 is 2.14 bits per heavy atom. The molecular formula is C17H21NO3S. The summed E-state index contributed by atoms with van der Waals surface area (Å²) >= 11 is 1.65. The average Bonchev–Trinajstić information content (AvgIpc) is 2.87. The van der Waals surface area contributed by atoms with Crippen molar-refractivity contribution in [3.63, 3.8) is 0 Å². The molecule has 5 heteroatoms. The fourth-order valence-corrected chi connectivity index (χ4v) is 3.13. The van der Waals surface area contributed by atoms with E-state index in [1.54, 1.807) is 11.9 Å². The molecule has 1 saturated carbocycles. The Balaban J connectivity index is 1.69. The van der Waals surface area contributed by atoms with E-state index in [4.69, 9.17) is 9.15 Å². The zero-order valence-electron chi connectivity index (χ0n) is 13.1. The first-order chi connectivity index (χ1) is 10.6. The molecule has 0 atom stereocenters. The molecular weight excluding hydrogens is 298 g/mol. The highest BCUT2D eigenvalue weighted by Crippen LogP contribution is 2.30. The second-order valence-corrected chi connectivity index (χ2v) is 6.70. The number of ether oxygens (including phenoxy) is 1. The van der Waals surface area contributed by atoms with E-state index in [2.05, 4.69) is 4.72 Å². The molecule has 1 fully saturated rings. The molecule has 1 aliphatic carbocycles. The zero-order valence-corrected chi connectivity index (χ0v) is 13.9. The van der Waals surface area contributed by atoms with Crippen molar-refractivity contribution in [3.05, 3.63) is 30.0 Å². The van der Waals surface area contributed by atoms with E-state index in [1.165, 1.54) is 0 Å². The predicted molar refractivity (Wildman–Crippen MR) is 89.5 cm³/mol. The largest absolute Gasteiger partial charge is 0.490 e. The fraction of sp³-hybridized carbons (Fsp3) is 0.471. The molecule has 0 unspecified atom stereocenters. The number of nitrogens with one attached hydrogen (secondary N) is 1. The molecule has 118 valence electrons. The Bertz CT molecular complexity index is 674. The maximum atomic E-state index is 12.0. The van der Waals surface area contributed by atoms with Crippen molar-refractivity contribution in [1.29, 1.82) is 0 Å². The van der Waals surface area contributed by atoms with Crippen LogP contribution < -0.4 is 9.46 Å². The minimum absolute atomic E-state index is 0.0312. The molecule has 0 aliphatic heterocycles. The van der Waals surface area contributed by atoms with Crippen LogP contribution in [0.4, 0.5) is 0 Å². The van der Waals surface area contributed by atoms with Gasteiger partial charge in [0.15, 0.2) is 5.76 Å². The normalized spacial score (nSPS) is 21.1. The highest BCUT2D eigenvalue weighted by atomic mass is 32.2. The standard InChI is InChI=1S/C17H21NO3S/c1-10(2)17(19)16-6-11-4-5-13(9-15(11)21-16)20-14-7-12(8-14)18-22-3/h4-6,9-10,12,14,18H,7-8H2,1-3H3/t12-,14+. The maximum Gasteiger partial charge on any atom is 0.200 e. The molecule has 1 aliphatic rings. The van der Waals surface area contributed by atoms with Crippen LogP contribution in [0.15, 0.2) is 28.7 Å². The van der Waals surface area contributed by atoms with Crippen LogP contribution >= 0.6 is 11.9 Å². The Morgan fingerprint density at radius 3 is 2.82 bits per heavy atom. The summed E-state index contributed by atoms with van der Waals surface area (Å²) in [6.45, 7) is 3.75. The number of rotatable bonds is 6. The molecule has 3 rings (SSSR count). The van der Waals surface area contributed by atoms with Crippen molar-refractivity contribution in [2.24, 2.45) is 5.92 Å². The molecule has 0 bridgehead atoms. The number of benzene rings is 1. The van der Waals surface area contributed by atoms with Crippen molar-refractivity contribution in [1.82, 2.24) is 4.72 Å². The maximum absolute atomic E-state index is 12.0. The smallest absolute Gasteiger partial charge is 0.200 e. The fourth-order valence-electron chi connectivity index (χ4n) is 2.61. The third-order valence-electron chi connectivity index (χ3n) is 3.94. The van der Waals surface area contributed by atoms with E-state index in [9.17, 15) is 4.79 Å². The van der Waals surface area contributed by atoms with Crippen LogP contribution in [0.3, 0.4) is 0 Å². The van der Waals surface area contributed by atoms with Gasteiger partial charge in [-0.15, -0.1) is 0 Å². The van der Waals surface area contributed by atoms with Gasteiger partial charge < -0.3 is 9.15 Å². The summed E-state index contributed by atoms with van der Waals surface area (Å²) in [7, 11) is 0. The quantitative estimate of drug-likeness (QED) is 0.643. The highest BCUT2D eigenvalue weighted by molar-refractivity contribution is 7.96. The van der Waals surface area contributed by atoms with E-state index < -0.39 is 0 Å². The lowest BCUT2D eigenvalue weighted by atomic mass is 9.90. The van der Waals surface area contributed by atoms with Crippen LogP contribution in [0.1, 0.15) is 37.2 Å². The van der Waals surface area contributed by atoms with Crippen LogP contribution in [0, 0.1) is 5.92 Å². The number of carbonyl (C=O) groups excluding carboxylic acids is 1. The molecule has 4 nitrogen and oxygen atoms in total. The lowest BCUT2D eigenvalue weighted by Gasteiger charge is -2.35. The van der Waals surface area contributed by atoms with Crippen molar-refractivity contribution in [2.75, 3.05) is 6.26 Å². The number of hydrogen-bond acceptors (Lipinski definition) is 5. The Kier molecular flexibility index (Phi) is 4.45. The SMILES string of the molecule is CSN[C@H]1C[C@@H](Oc2ccc3cc(C(=O)C(C)C)oc3c2)C1. The number of fused-ring (bicyclic) bond motifs is 1. The van der Waals surface area contributed by atoms with Gasteiger partial charge >= 0.3 is 0 Å². The molecule has 1 N–H and O–H groups in total. The summed E-state index contributed by atoms with van der Waals surface area (Å²) < 4.78 is 15.0. The molecule has 0 radical (unpaired) electrons. The molecule has 22 heavy (non-hydrogen) atoms. The van der Waals surface area contributed by atoms with Gasteiger partial charge in [0.05, 0.1) is 0 Å². The Hall–Kier alpha value is -1.46. The highest BCUT2D eigenvalue weighted by Gasteiger charge is 2.30. The molecule has 2 aromatic rings. The van der Waals surface area contributed by atoms with Crippen LogP contribution in [-0.4, -0.2) is 24.2 Å². The second kappa shape index (κ2) is 6.34. The van der Waals surface area contributed by atoms with Gasteiger partial charge in [-0.1, -0.05) is 25.8 Å². The lowest BCUT2D eigenvalue weighted by molar-refractivity contribution is 0.0911. The van der Waals surface area contributed by atoms with Crippen LogP contribution in [0.2, 0.25) is 0 Å². The first-order valence-corrected chi connectivity index (χ1v) is 8.82. The summed E-state index contributed by atoms with van der Waals surface area (Å²) in [5, 5.41) is 0.937. The molecule has 0 saturated heterocycles. The zero-order chi connectivity index (χ0) is 15.7. The van der Waals surface area contributed by atoms with Crippen LogP contribution in [0.25, 0.3) is 11.0 Å². The van der Waals surface area contributed by atoms with E-state index in [0.29, 0.717) is 17.4 Å². The monoisotopic (exact) mass is 319 g/mol. The third-order valence-corrected chi connectivity index (χ3v) is 4.51.